The first-order chi connectivity index (χ1) is 8.92. The molecule has 0 aliphatic heterocycles. The van der Waals surface area contributed by atoms with Gasteiger partial charge in [-0.05, 0) is 18.2 Å². The zero-order valence-electron chi connectivity index (χ0n) is 9.30. The van der Waals surface area contributed by atoms with Gasteiger partial charge in [-0.3, -0.25) is 9.38 Å². The Morgan fingerprint density at radius 3 is 3.00 bits per heavy atom. The lowest BCUT2D eigenvalue weighted by atomic mass is 10.2. The highest BCUT2D eigenvalue weighted by Gasteiger charge is 2.04. The minimum atomic E-state index is 0.748. The van der Waals surface area contributed by atoms with E-state index in [1.807, 2.05) is 33.4 Å². The van der Waals surface area contributed by atoms with Crippen LogP contribution >= 0.6 is 0 Å². The standard InChI is InChI=1S/C12H8N6/c1-2-11-10(5-9(1)17-4-3-13-7-17)14-6-12-16-15-8-18(11)12/h1-8H. The van der Waals surface area contributed by atoms with Crippen LogP contribution in [0.2, 0.25) is 0 Å². The van der Waals surface area contributed by atoms with Gasteiger partial charge in [0.15, 0.2) is 5.65 Å². The number of benzene rings is 1. The summed E-state index contributed by atoms with van der Waals surface area (Å²) in [6.07, 6.45) is 8.82. The molecule has 4 rings (SSSR count). The maximum Gasteiger partial charge on any atom is 0.179 e. The van der Waals surface area contributed by atoms with Crippen molar-refractivity contribution in [1.29, 1.82) is 0 Å². The van der Waals surface area contributed by atoms with Gasteiger partial charge in [0.2, 0.25) is 0 Å². The van der Waals surface area contributed by atoms with Crippen molar-refractivity contribution < 1.29 is 0 Å². The molecule has 0 amide bonds. The Balaban J connectivity index is 2.03. The summed E-state index contributed by atoms with van der Waals surface area (Å²) in [5.41, 5.74) is 3.66. The molecule has 0 fully saturated rings. The lowest BCUT2D eigenvalue weighted by molar-refractivity contribution is 1.06. The number of fused-ring (bicyclic) bond motifs is 3. The summed E-state index contributed by atoms with van der Waals surface area (Å²) in [6.45, 7) is 0. The first-order valence-corrected chi connectivity index (χ1v) is 5.49. The van der Waals surface area contributed by atoms with Gasteiger partial charge in [0.25, 0.3) is 0 Å². The van der Waals surface area contributed by atoms with E-state index in [0.29, 0.717) is 0 Å². The summed E-state index contributed by atoms with van der Waals surface area (Å²) < 4.78 is 3.86. The number of aromatic nitrogens is 6. The van der Waals surface area contributed by atoms with E-state index in [9.17, 15) is 0 Å². The SMILES string of the molecule is c1cn(-c2ccc3c(c2)ncc2nncn23)cn1. The quantitative estimate of drug-likeness (QED) is 0.502. The van der Waals surface area contributed by atoms with Crippen LogP contribution in [0.1, 0.15) is 0 Å². The molecule has 0 N–H and O–H groups in total. The molecule has 6 nitrogen and oxygen atoms in total. The second-order valence-electron chi connectivity index (χ2n) is 3.96. The maximum absolute atomic E-state index is 4.40. The molecular weight excluding hydrogens is 228 g/mol. The van der Waals surface area contributed by atoms with E-state index in [0.717, 1.165) is 22.4 Å². The van der Waals surface area contributed by atoms with Gasteiger partial charge in [-0.15, -0.1) is 10.2 Å². The maximum atomic E-state index is 4.40. The van der Waals surface area contributed by atoms with Gasteiger partial charge in [0.1, 0.15) is 6.33 Å². The van der Waals surface area contributed by atoms with Crippen molar-refractivity contribution in [2.75, 3.05) is 0 Å². The second-order valence-corrected chi connectivity index (χ2v) is 3.96. The zero-order valence-corrected chi connectivity index (χ0v) is 9.30. The lowest BCUT2D eigenvalue weighted by Crippen LogP contribution is -1.94. The minimum absolute atomic E-state index is 0.748. The first-order valence-electron chi connectivity index (χ1n) is 5.49. The Kier molecular flexibility index (Phi) is 1.74. The molecule has 0 radical (unpaired) electrons. The predicted molar refractivity (Wildman–Crippen MR) is 65.4 cm³/mol. The Bertz CT molecular complexity index is 830. The monoisotopic (exact) mass is 236 g/mol. The molecule has 6 heteroatoms. The van der Waals surface area contributed by atoms with Crippen molar-refractivity contribution in [2.24, 2.45) is 0 Å². The molecule has 0 aliphatic carbocycles. The Morgan fingerprint density at radius 1 is 1.11 bits per heavy atom. The van der Waals surface area contributed by atoms with Gasteiger partial charge < -0.3 is 4.57 Å². The van der Waals surface area contributed by atoms with Crippen molar-refractivity contribution in [1.82, 2.24) is 29.1 Å². The Morgan fingerprint density at radius 2 is 2.11 bits per heavy atom. The fourth-order valence-corrected chi connectivity index (χ4v) is 2.04. The Hall–Kier alpha value is -2.76. The second kappa shape index (κ2) is 3.36. The summed E-state index contributed by atoms with van der Waals surface area (Å²) >= 11 is 0. The molecule has 3 heterocycles. The lowest BCUT2D eigenvalue weighted by Gasteiger charge is -2.04. The van der Waals surface area contributed by atoms with Gasteiger partial charge in [0.05, 0.1) is 23.6 Å². The fourth-order valence-electron chi connectivity index (χ4n) is 2.04. The van der Waals surface area contributed by atoms with Crippen LogP contribution in [0.4, 0.5) is 0 Å². The van der Waals surface area contributed by atoms with Gasteiger partial charge in [0, 0.05) is 18.1 Å². The molecule has 0 bridgehead atoms. The van der Waals surface area contributed by atoms with E-state index in [-0.39, 0.29) is 0 Å². The van der Waals surface area contributed by atoms with Crippen LogP contribution in [0, 0.1) is 0 Å². The highest BCUT2D eigenvalue weighted by Crippen LogP contribution is 2.17. The molecule has 0 spiro atoms. The highest BCUT2D eigenvalue weighted by atomic mass is 15.2. The van der Waals surface area contributed by atoms with Gasteiger partial charge in [-0.25, -0.2) is 4.98 Å². The molecule has 3 aromatic heterocycles. The third kappa shape index (κ3) is 1.22. The largest absolute Gasteiger partial charge is 0.306 e. The van der Waals surface area contributed by atoms with Crippen molar-refractivity contribution in [3.63, 3.8) is 0 Å². The molecular formula is C12H8N6. The van der Waals surface area contributed by atoms with E-state index in [4.69, 9.17) is 0 Å². The molecule has 4 aromatic rings. The molecule has 0 unspecified atom stereocenters. The molecule has 0 aliphatic rings. The summed E-state index contributed by atoms with van der Waals surface area (Å²) in [5.74, 6) is 0. The van der Waals surface area contributed by atoms with Crippen LogP contribution in [0.25, 0.3) is 22.4 Å². The summed E-state index contributed by atoms with van der Waals surface area (Å²) in [4.78, 5) is 8.43. The average Bonchev–Trinajstić information content (AvgIpc) is 3.09. The third-order valence-corrected chi connectivity index (χ3v) is 2.91. The smallest absolute Gasteiger partial charge is 0.179 e. The molecule has 86 valence electrons. The zero-order chi connectivity index (χ0) is 11.9. The predicted octanol–water partition coefficient (Wildman–Crippen LogP) is 1.46. The minimum Gasteiger partial charge on any atom is -0.306 e. The van der Waals surface area contributed by atoms with E-state index in [1.165, 1.54) is 0 Å². The van der Waals surface area contributed by atoms with Gasteiger partial charge >= 0.3 is 0 Å². The number of imidazole rings is 1. The van der Waals surface area contributed by atoms with Crippen LogP contribution in [-0.2, 0) is 0 Å². The number of hydrogen-bond acceptors (Lipinski definition) is 4. The topological polar surface area (TPSA) is 60.9 Å². The molecule has 0 saturated carbocycles. The summed E-state index contributed by atoms with van der Waals surface area (Å²) in [6, 6.07) is 6.04. The van der Waals surface area contributed by atoms with Crippen molar-refractivity contribution in [2.45, 2.75) is 0 Å². The summed E-state index contributed by atoms with van der Waals surface area (Å²) in [5, 5.41) is 7.86. The van der Waals surface area contributed by atoms with E-state index in [1.54, 1.807) is 25.0 Å². The van der Waals surface area contributed by atoms with Gasteiger partial charge in [-0.2, -0.15) is 0 Å². The van der Waals surface area contributed by atoms with Crippen LogP contribution in [-0.4, -0.2) is 29.1 Å². The summed E-state index contributed by atoms with van der Waals surface area (Å²) in [7, 11) is 0. The number of hydrogen-bond donors (Lipinski definition) is 0. The Labute approximate surface area is 102 Å². The first kappa shape index (κ1) is 9.29. The van der Waals surface area contributed by atoms with E-state index >= 15 is 0 Å². The molecule has 18 heavy (non-hydrogen) atoms. The highest BCUT2D eigenvalue weighted by molar-refractivity contribution is 5.79. The normalized spacial score (nSPS) is 11.3. The van der Waals surface area contributed by atoms with E-state index in [2.05, 4.69) is 20.2 Å². The van der Waals surface area contributed by atoms with Crippen molar-refractivity contribution in [3.05, 3.63) is 49.4 Å². The van der Waals surface area contributed by atoms with Crippen LogP contribution in [0.3, 0.4) is 0 Å². The van der Waals surface area contributed by atoms with E-state index < -0.39 is 0 Å². The molecule has 0 saturated heterocycles. The van der Waals surface area contributed by atoms with Crippen LogP contribution in [0.5, 0.6) is 0 Å². The van der Waals surface area contributed by atoms with Gasteiger partial charge in [-0.1, -0.05) is 0 Å². The van der Waals surface area contributed by atoms with Crippen LogP contribution < -0.4 is 0 Å². The fraction of sp³-hybridized carbons (Fsp3) is 0. The molecule has 1 aromatic carbocycles. The average molecular weight is 236 g/mol. The molecule has 0 atom stereocenters. The van der Waals surface area contributed by atoms with Crippen molar-refractivity contribution in [3.8, 4) is 5.69 Å². The van der Waals surface area contributed by atoms with Crippen molar-refractivity contribution >= 4 is 16.7 Å². The number of nitrogens with zero attached hydrogens (tertiary/aromatic N) is 6. The number of rotatable bonds is 1. The van der Waals surface area contributed by atoms with Crippen LogP contribution in [0.15, 0.2) is 49.4 Å². The third-order valence-electron chi connectivity index (χ3n) is 2.91.